The van der Waals surface area contributed by atoms with Crippen molar-refractivity contribution in [3.63, 3.8) is 0 Å². The number of rotatable bonds is 3. The average molecular weight is 301 g/mol. The van der Waals surface area contributed by atoms with E-state index in [4.69, 9.17) is 11.6 Å². The maximum absolute atomic E-state index is 6.05. The normalized spacial score (nSPS) is 10.9. The van der Waals surface area contributed by atoms with Gasteiger partial charge in [0.05, 0.1) is 5.52 Å². The van der Waals surface area contributed by atoms with Gasteiger partial charge in [0, 0.05) is 16.0 Å². The van der Waals surface area contributed by atoms with E-state index in [1.165, 1.54) is 22.3 Å². The first kappa shape index (κ1) is 13.4. The quantitative estimate of drug-likeness (QED) is 0.509. The van der Waals surface area contributed by atoms with Gasteiger partial charge in [-0.1, -0.05) is 35.9 Å². The van der Waals surface area contributed by atoms with Crippen LogP contribution in [0.15, 0.2) is 53.7 Å². The molecule has 0 N–H and O–H groups in total. The molecule has 4 heteroatoms. The van der Waals surface area contributed by atoms with Crippen LogP contribution in [0.5, 0.6) is 0 Å². The first-order valence-electron chi connectivity index (χ1n) is 6.31. The molecule has 0 aliphatic carbocycles. The lowest BCUT2D eigenvalue weighted by atomic mass is 10.1. The van der Waals surface area contributed by atoms with Gasteiger partial charge in [-0.25, -0.2) is 9.97 Å². The molecule has 2 aromatic carbocycles. The topological polar surface area (TPSA) is 25.8 Å². The molecule has 0 fully saturated rings. The summed E-state index contributed by atoms with van der Waals surface area (Å²) in [6.07, 6.45) is 1.50. The largest absolute Gasteiger partial charge is 0.236 e. The van der Waals surface area contributed by atoms with E-state index in [1.54, 1.807) is 11.8 Å². The van der Waals surface area contributed by atoms with Crippen LogP contribution in [-0.2, 0) is 5.75 Å². The Morgan fingerprint density at radius 1 is 1.10 bits per heavy atom. The highest BCUT2D eigenvalue weighted by Gasteiger charge is 2.04. The summed E-state index contributed by atoms with van der Waals surface area (Å²) in [6, 6.07) is 14.6. The summed E-state index contributed by atoms with van der Waals surface area (Å²) in [5, 5.41) is 1.40. The van der Waals surface area contributed by atoms with Gasteiger partial charge in [0.25, 0.3) is 0 Å². The number of aryl methyl sites for hydroxylation is 1. The average Bonchev–Trinajstić information content (AvgIpc) is 2.46. The maximum Gasteiger partial charge on any atom is 0.140 e. The van der Waals surface area contributed by atoms with Gasteiger partial charge < -0.3 is 0 Å². The Bertz CT molecular complexity index is 758. The minimum Gasteiger partial charge on any atom is -0.236 e. The fourth-order valence-corrected chi connectivity index (χ4v) is 3.24. The third-order valence-electron chi connectivity index (χ3n) is 3.21. The monoisotopic (exact) mass is 300 g/mol. The molecule has 0 amide bonds. The standard InChI is InChI=1S/C16H13ClN2S/c1-11-4-2-3-5-12(11)9-20-13-6-7-14-15(8-13)18-10-19-16(14)17/h2-8,10H,9H2,1H3. The molecule has 3 rings (SSSR count). The van der Waals surface area contributed by atoms with Crippen molar-refractivity contribution in [2.75, 3.05) is 0 Å². The molecule has 1 heterocycles. The van der Waals surface area contributed by atoms with Crippen molar-refractivity contribution in [3.05, 3.63) is 65.1 Å². The van der Waals surface area contributed by atoms with E-state index >= 15 is 0 Å². The molecule has 0 aliphatic rings. The number of benzene rings is 2. The van der Waals surface area contributed by atoms with Crippen LogP contribution in [0.3, 0.4) is 0 Å². The molecule has 0 saturated heterocycles. The highest BCUT2D eigenvalue weighted by atomic mass is 35.5. The van der Waals surface area contributed by atoms with Gasteiger partial charge in [-0.15, -0.1) is 11.8 Å². The van der Waals surface area contributed by atoms with Gasteiger partial charge >= 0.3 is 0 Å². The van der Waals surface area contributed by atoms with E-state index in [-0.39, 0.29) is 0 Å². The first-order valence-corrected chi connectivity index (χ1v) is 7.68. The Kier molecular flexibility index (Phi) is 3.90. The molecule has 0 radical (unpaired) electrons. The highest BCUT2D eigenvalue weighted by molar-refractivity contribution is 7.98. The molecule has 0 saturated carbocycles. The second-order valence-corrected chi connectivity index (χ2v) is 5.97. The molecule has 3 aromatic rings. The lowest BCUT2D eigenvalue weighted by molar-refractivity contribution is 1.21. The third-order valence-corrected chi connectivity index (χ3v) is 4.56. The first-order chi connectivity index (χ1) is 9.74. The van der Waals surface area contributed by atoms with Gasteiger partial charge in [0.2, 0.25) is 0 Å². The van der Waals surface area contributed by atoms with Crippen molar-refractivity contribution in [1.82, 2.24) is 9.97 Å². The third kappa shape index (κ3) is 2.79. The van der Waals surface area contributed by atoms with Crippen LogP contribution in [0.2, 0.25) is 5.15 Å². The van der Waals surface area contributed by atoms with Crippen LogP contribution in [-0.4, -0.2) is 9.97 Å². The van der Waals surface area contributed by atoms with E-state index in [0.29, 0.717) is 5.15 Å². The minimum absolute atomic E-state index is 0.505. The van der Waals surface area contributed by atoms with E-state index in [0.717, 1.165) is 16.7 Å². The van der Waals surface area contributed by atoms with Gasteiger partial charge in [-0.05, 0) is 36.2 Å². The van der Waals surface area contributed by atoms with Crippen LogP contribution >= 0.6 is 23.4 Å². The van der Waals surface area contributed by atoms with Crippen molar-refractivity contribution < 1.29 is 0 Å². The van der Waals surface area contributed by atoms with Crippen molar-refractivity contribution >= 4 is 34.3 Å². The Morgan fingerprint density at radius 2 is 1.95 bits per heavy atom. The zero-order valence-corrected chi connectivity index (χ0v) is 12.6. The number of halogens is 1. The highest BCUT2D eigenvalue weighted by Crippen LogP contribution is 2.28. The Morgan fingerprint density at radius 3 is 2.80 bits per heavy atom. The predicted octanol–water partition coefficient (Wildman–Crippen LogP) is 4.88. The van der Waals surface area contributed by atoms with E-state index in [9.17, 15) is 0 Å². The molecule has 0 bridgehead atoms. The fourth-order valence-electron chi connectivity index (χ4n) is 2.03. The summed E-state index contributed by atoms with van der Waals surface area (Å²) in [5.41, 5.74) is 3.57. The molecule has 1 aromatic heterocycles. The molecule has 2 nitrogen and oxygen atoms in total. The van der Waals surface area contributed by atoms with Crippen LogP contribution < -0.4 is 0 Å². The number of thioether (sulfide) groups is 1. The minimum atomic E-state index is 0.505. The second kappa shape index (κ2) is 5.81. The number of nitrogens with zero attached hydrogens (tertiary/aromatic N) is 2. The summed E-state index contributed by atoms with van der Waals surface area (Å²) < 4.78 is 0. The molecule has 0 unspecified atom stereocenters. The van der Waals surface area contributed by atoms with E-state index < -0.39 is 0 Å². The number of fused-ring (bicyclic) bond motifs is 1. The number of hydrogen-bond donors (Lipinski definition) is 0. The Hall–Kier alpha value is -1.58. The van der Waals surface area contributed by atoms with Gasteiger partial charge in [0.1, 0.15) is 11.5 Å². The summed E-state index contributed by atoms with van der Waals surface area (Å²) in [4.78, 5) is 9.45. The van der Waals surface area contributed by atoms with Crippen LogP contribution in [0.25, 0.3) is 10.9 Å². The van der Waals surface area contributed by atoms with Crippen molar-refractivity contribution in [2.24, 2.45) is 0 Å². The van der Waals surface area contributed by atoms with Crippen molar-refractivity contribution in [1.29, 1.82) is 0 Å². The number of hydrogen-bond acceptors (Lipinski definition) is 3. The summed E-state index contributed by atoms with van der Waals surface area (Å²) in [6.45, 7) is 2.14. The van der Waals surface area contributed by atoms with E-state index in [2.05, 4.69) is 53.3 Å². The zero-order valence-electron chi connectivity index (χ0n) is 11.0. The zero-order chi connectivity index (χ0) is 13.9. The van der Waals surface area contributed by atoms with Crippen LogP contribution in [0.4, 0.5) is 0 Å². The smallest absolute Gasteiger partial charge is 0.140 e. The van der Waals surface area contributed by atoms with Gasteiger partial charge in [-0.2, -0.15) is 0 Å². The molecular weight excluding hydrogens is 288 g/mol. The van der Waals surface area contributed by atoms with Gasteiger partial charge in [0.15, 0.2) is 0 Å². The summed E-state index contributed by atoms with van der Waals surface area (Å²) in [7, 11) is 0. The molecule has 0 atom stereocenters. The molecule has 100 valence electrons. The lowest BCUT2D eigenvalue weighted by Crippen LogP contribution is -1.87. The SMILES string of the molecule is Cc1ccccc1CSc1ccc2c(Cl)ncnc2c1. The summed E-state index contributed by atoms with van der Waals surface area (Å²) in [5.74, 6) is 0.955. The maximum atomic E-state index is 6.05. The van der Waals surface area contributed by atoms with Crippen LogP contribution in [0, 0.1) is 6.92 Å². The van der Waals surface area contributed by atoms with Gasteiger partial charge in [-0.3, -0.25) is 0 Å². The Labute approximate surface area is 127 Å². The van der Waals surface area contributed by atoms with Crippen molar-refractivity contribution in [3.8, 4) is 0 Å². The van der Waals surface area contributed by atoms with Crippen molar-refractivity contribution in [2.45, 2.75) is 17.6 Å². The molecular formula is C16H13ClN2S. The van der Waals surface area contributed by atoms with Crippen LogP contribution in [0.1, 0.15) is 11.1 Å². The number of aromatic nitrogens is 2. The molecule has 0 aliphatic heterocycles. The van der Waals surface area contributed by atoms with E-state index in [1.807, 2.05) is 6.07 Å². The Balaban J connectivity index is 1.83. The second-order valence-electron chi connectivity index (χ2n) is 4.56. The summed E-state index contributed by atoms with van der Waals surface area (Å²) >= 11 is 7.85. The lowest BCUT2D eigenvalue weighted by Gasteiger charge is -2.06. The fraction of sp³-hybridized carbons (Fsp3) is 0.125. The molecule has 0 spiro atoms. The molecule has 20 heavy (non-hydrogen) atoms. The predicted molar refractivity (Wildman–Crippen MR) is 85.3 cm³/mol.